The number of ether oxygens (including phenoxy) is 2. The normalized spacial score (nSPS) is 18.1. The molecule has 174 valence electrons. The first-order valence-electron chi connectivity index (χ1n) is 11.3. The lowest BCUT2D eigenvalue weighted by atomic mass is 9.91. The van der Waals surface area contributed by atoms with Gasteiger partial charge in [0.25, 0.3) is 0 Å². The van der Waals surface area contributed by atoms with Crippen LogP contribution in [0.4, 0.5) is 5.82 Å². The number of benzene rings is 2. The number of rotatable bonds is 7. The fraction of sp³-hybridized carbons (Fsp3) is 0.385. The molecule has 4 rings (SSSR count). The molecule has 1 aromatic heterocycles. The topological polar surface area (TPSA) is 72.5 Å². The zero-order valence-corrected chi connectivity index (χ0v) is 20.9. The predicted molar refractivity (Wildman–Crippen MR) is 135 cm³/mol. The Morgan fingerprint density at radius 2 is 1.70 bits per heavy atom. The van der Waals surface area contributed by atoms with Crippen molar-refractivity contribution in [2.45, 2.75) is 51.1 Å². The fourth-order valence-corrected chi connectivity index (χ4v) is 4.96. The van der Waals surface area contributed by atoms with E-state index in [-0.39, 0.29) is 11.9 Å². The van der Waals surface area contributed by atoms with Gasteiger partial charge in [0.15, 0.2) is 11.5 Å². The van der Waals surface area contributed by atoms with E-state index in [2.05, 4.69) is 51.7 Å². The van der Waals surface area contributed by atoms with Crippen molar-refractivity contribution in [3.05, 3.63) is 58.1 Å². The highest BCUT2D eigenvalue weighted by molar-refractivity contribution is 9.10. The Kier molecular flexibility index (Phi) is 7.38. The minimum Gasteiger partial charge on any atom is -0.493 e. The number of carbonyl (C=O) groups excluding carboxylic acids is 1. The molecule has 1 aliphatic rings. The van der Waals surface area contributed by atoms with Gasteiger partial charge in [0.2, 0.25) is 5.91 Å². The molecular weight excluding hydrogens is 482 g/mol. The van der Waals surface area contributed by atoms with Crippen LogP contribution in [-0.2, 0) is 11.2 Å². The van der Waals surface area contributed by atoms with E-state index in [0.717, 1.165) is 47.1 Å². The number of halogens is 1. The maximum atomic E-state index is 12.7. The molecule has 1 fully saturated rings. The number of hydrogen-bond acceptors (Lipinski definition) is 5. The van der Waals surface area contributed by atoms with Gasteiger partial charge in [-0.05, 0) is 68.0 Å². The standard InChI is InChI=1S/C26H30BrN3O3/c1-16-12-25(30-22-7-5-4-6-20(16)22)28-18-8-10-19(11-9-18)29-26(31)14-17-13-23(32-2)24(33-3)15-21(17)27/h4-7,12-13,15,18-19H,8-11,14H2,1-3H3,(H,28,30)(H,29,31)/t18-,19+. The zero-order valence-electron chi connectivity index (χ0n) is 19.3. The molecule has 0 atom stereocenters. The number of anilines is 1. The van der Waals surface area contributed by atoms with Crippen LogP contribution in [0.1, 0.15) is 36.8 Å². The molecule has 1 aliphatic carbocycles. The van der Waals surface area contributed by atoms with Crippen LogP contribution in [0, 0.1) is 6.92 Å². The van der Waals surface area contributed by atoms with Crippen molar-refractivity contribution in [2.24, 2.45) is 0 Å². The van der Waals surface area contributed by atoms with Crippen molar-refractivity contribution in [1.82, 2.24) is 10.3 Å². The van der Waals surface area contributed by atoms with Gasteiger partial charge in [-0.2, -0.15) is 0 Å². The lowest BCUT2D eigenvalue weighted by Gasteiger charge is -2.30. The summed E-state index contributed by atoms with van der Waals surface area (Å²) in [5.41, 5.74) is 3.12. The number of para-hydroxylation sites is 1. The first-order valence-corrected chi connectivity index (χ1v) is 12.1. The van der Waals surface area contributed by atoms with E-state index in [1.165, 1.54) is 10.9 Å². The zero-order chi connectivity index (χ0) is 23.4. The monoisotopic (exact) mass is 511 g/mol. The Labute approximate surface area is 203 Å². The highest BCUT2D eigenvalue weighted by Gasteiger charge is 2.23. The number of methoxy groups -OCH3 is 2. The maximum Gasteiger partial charge on any atom is 0.224 e. The second kappa shape index (κ2) is 10.4. The highest BCUT2D eigenvalue weighted by atomic mass is 79.9. The van der Waals surface area contributed by atoms with Crippen LogP contribution in [0.15, 0.2) is 46.9 Å². The Morgan fingerprint density at radius 1 is 1.03 bits per heavy atom. The summed E-state index contributed by atoms with van der Waals surface area (Å²) in [6, 6.07) is 14.6. The third kappa shape index (κ3) is 5.58. The van der Waals surface area contributed by atoms with Gasteiger partial charge in [0.1, 0.15) is 5.82 Å². The molecule has 0 bridgehead atoms. The van der Waals surface area contributed by atoms with Gasteiger partial charge in [0.05, 0.1) is 26.2 Å². The largest absolute Gasteiger partial charge is 0.493 e. The molecular formula is C26H30BrN3O3. The van der Waals surface area contributed by atoms with Crippen LogP contribution >= 0.6 is 15.9 Å². The van der Waals surface area contributed by atoms with Crippen LogP contribution < -0.4 is 20.1 Å². The van der Waals surface area contributed by atoms with Gasteiger partial charge in [-0.3, -0.25) is 4.79 Å². The van der Waals surface area contributed by atoms with Crippen molar-refractivity contribution in [1.29, 1.82) is 0 Å². The van der Waals surface area contributed by atoms with Gasteiger partial charge in [-0.25, -0.2) is 4.98 Å². The predicted octanol–water partition coefficient (Wildman–Crippen LogP) is 5.40. The summed E-state index contributed by atoms with van der Waals surface area (Å²) >= 11 is 3.53. The molecule has 7 heteroatoms. The average molecular weight is 512 g/mol. The number of nitrogens with zero attached hydrogens (tertiary/aromatic N) is 1. The van der Waals surface area contributed by atoms with Crippen molar-refractivity contribution < 1.29 is 14.3 Å². The minimum atomic E-state index is 0.0196. The maximum absolute atomic E-state index is 12.7. The van der Waals surface area contributed by atoms with Crippen molar-refractivity contribution in [2.75, 3.05) is 19.5 Å². The summed E-state index contributed by atoms with van der Waals surface area (Å²) in [5.74, 6) is 2.20. The van der Waals surface area contributed by atoms with E-state index >= 15 is 0 Å². The highest BCUT2D eigenvalue weighted by Crippen LogP contribution is 2.33. The molecule has 0 unspecified atom stereocenters. The first kappa shape index (κ1) is 23.4. The lowest BCUT2D eigenvalue weighted by Crippen LogP contribution is -2.40. The first-order chi connectivity index (χ1) is 16.0. The molecule has 33 heavy (non-hydrogen) atoms. The lowest BCUT2D eigenvalue weighted by molar-refractivity contribution is -0.121. The van der Waals surface area contributed by atoms with Gasteiger partial charge in [-0.1, -0.05) is 34.1 Å². The smallest absolute Gasteiger partial charge is 0.224 e. The molecule has 1 saturated carbocycles. The van der Waals surface area contributed by atoms with Crippen LogP contribution in [0.2, 0.25) is 0 Å². The number of nitrogens with one attached hydrogen (secondary N) is 2. The number of amides is 1. The molecule has 0 aliphatic heterocycles. The third-order valence-corrected chi connectivity index (χ3v) is 7.01. The van der Waals surface area contributed by atoms with E-state index in [0.29, 0.717) is 24.0 Å². The van der Waals surface area contributed by atoms with Crippen LogP contribution in [-0.4, -0.2) is 37.2 Å². The van der Waals surface area contributed by atoms with E-state index in [1.807, 2.05) is 24.3 Å². The van der Waals surface area contributed by atoms with Crippen LogP contribution in [0.5, 0.6) is 11.5 Å². The molecule has 0 saturated heterocycles. The molecule has 3 aromatic rings. The number of aryl methyl sites for hydroxylation is 1. The SMILES string of the molecule is COc1cc(Br)c(CC(=O)N[C@H]2CC[C@@H](Nc3cc(C)c4ccccc4n3)CC2)cc1OC. The van der Waals surface area contributed by atoms with Crippen molar-refractivity contribution in [3.63, 3.8) is 0 Å². The van der Waals surface area contributed by atoms with E-state index in [9.17, 15) is 4.79 Å². The van der Waals surface area contributed by atoms with Crippen molar-refractivity contribution in [3.8, 4) is 11.5 Å². The van der Waals surface area contributed by atoms with Gasteiger partial charge in [0, 0.05) is 21.9 Å². The van der Waals surface area contributed by atoms with E-state index in [4.69, 9.17) is 14.5 Å². The Bertz CT molecular complexity index is 1140. The number of hydrogen-bond donors (Lipinski definition) is 2. The van der Waals surface area contributed by atoms with Crippen molar-refractivity contribution >= 4 is 38.6 Å². The minimum absolute atomic E-state index is 0.0196. The summed E-state index contributed by atoms with van der Waals surface area (Å²) in [6.07, 6.45) is 4.18. The number of aromatic nitrogens is 1. The summed E-state index contributed by atoms with van der Waals surface area (Å²) in [5, 5.41) is 8.00. The second-order valence-corrected chi connectivity index (χ2v) is 9.43. The second-order valence-electron chi connectivity index (χ2n) is 8.58. The molecule has 1 amide bonds. The number of fused-ring (bicyclic) bond motifs is 1. The molecule has 6 nitrogen and oxygen atoms in total. The molecule has 0 spiro atoms. The summed E-state index contributed by atoms with van der Waals surface area (Å²) < 4.78 is 11.5. The van der Waals surface area contributed by atoms with E-state index < -0.39 is 0 Å². The Balaban J connectivity index is 1.30. The van der Waals surface area contributed by atoms with Gasteiger partial charge in [-0.15, -0.1) is 0 Å². The van der Waals surface area contributed by atoms with Crippen LogP contribution in [0.3, 0.4) is 0 Å². The number of carbonyl (C=O) groups is 1. The number of pyridine rings is 1. The Hall–Kier alpha value is -2.80. The molecule has 1 heterocycles. The molecule has 0 radical (unpaired) electrons. The van der Waals surface area contributed by atoms with Crippen LogP contribution in [0.25, 0.3) is 10.9 Å². The van der Waals surface area contributed by atoms with Gasteiger partial charge < -0.3 is 20.1 Å². The average Bonchev–Trinajstić information content (AvgIpc) is 2.81. The summed E-state index contributed by atoms with van der Waals surface area (Å²) in [6.45, 7) is 2.12. The summed E-state index contributed by atoms with van der Waals surface area (Å²) in [7, 11) is 3.19. The molecule has 2 aromatic carbocycles. The summed E-state index contributed by atoms with van der Waals surface area (Å²) in [4.78, 5) is 17.5. The molecule has 2 N–H and O–H groups in total. The third-order valence-electron chi connectivity index (χ3n) is 6.27. The Morgan fingerprint density at radius 3 is 2.42 bits per heavy atom. The fourth-order valence-electron chi connectivity index (χ4n) is 4.50. The van der Waals surface area contributed by atoms with Gasteiger partial charge >= 0.3 is 0 Å². The van der Waals surface area contributed by atoms with E-state index in [1.54, 1.807) is 14.2 Å². The quantitative estimate of drug-likeness (QED) is 0.443.